The summed E-state index contributed by atoms with van der Waals surface area (Å²) in [6, 6.07) is 2.51. The van der Waals surface area contributed by atoms with Gasteiger partial charge in [0.15, 0.2) is 5.89 Å². The number of hydrogen-bond donors (Lipinski definition) is 1. The van der Waals surface area contributed by atoms with E-state index < -0.39 is 35.2 Å². The second kappa shape index (κ2) is 6.03. The fraction of sp³-hybridized carbons (Fsp3) is 0.312. The Labute approximate surface area is 136 Å². The monoisotopic (exact) mass is 335 g/mol. The van der Waals surface area contributed by atoms with Crippen LogP contribution in [0.3, 0.4) is 0 Å². The first-order chi connectivity index (χ1) is 11.4. The fourth-order valence-corrected chi connectivity index (χ4v) is 2.75. The molecule has 1 aliphatic rings. The molecule has 1 saturated heterocycles. The number of aromatic nitrogens is 1. The number of anilines is 1. The Bertz CT molecular complexity index is 799. The minimum Gasteiger partial charge on any atom is -0.436 e. The lowest BCUT2D eigenvalue weighted by Gasteiger charge is -2.18. The number of nitrogens with zero attached hydrogens (tertiary/aromatic N) is 2. The molecule has 2 amide bonds. The van der Waals surface area contributed by atoms with Crippen LogP contribution in [0.1, 0.15) is 28.6 Å². The molecule has 0 unspecified atom stereocenters. The number of rotatable bonds is 3. The molecule has 8 heteroatoms. The molecule has 2 aromatic rings. The van der Waals surface area contributed by atoms with Gasteiger partial charge in [0.2, 0.25) is 11.7 Å². The normalized spacial score (nSPS) is 17.4. The number of halogens is 2. The van der Waals surface area contributed by atoms with Crippen molar-refractivity contribution in [3.05, 3.63) is 47.2 Å². The quantitative estimate of drug-likeness (QED) is 0.932. The average Bonchev–Trinajstić information content (AvgIpc) is 3.03. The first kappa shape index (κ1) is 16.1. The Balaban J connectivity index is 1.77. The molecule has 24 heavy (non-hydrogen) atoms. The first-order valence-corrected chi connectivity index (χ1v) is 7.38. The van der Waals surface area contributed by atoms with Gasteiger partial charge in [0, 0.05) is 13.5 Å². The SMILES string of the molecule is Cc1nc(C)c(C(=O)N[C@@H]2CCN(c3c(F)cccc3F)C2=O)o1. The second-order valence-corrected chi connectivity index (χ2v) is 5.52. The van der Waals surface area contributed by atoms with Crippen LogP contribution in [0.15, 0.2) is 22.6 Å². The van der Waals surface area contributed by atoms with E-state index in [0.29, 0.717) is 11.6 Å². The van der Waals surface area contributed by atoms with Gasteiger partial charge in [0.05, 0.1) is 5.69 Å². The van der Waals surface area contributed by atoms with E-state index in [1.54, 1.807) is 13.8 Å². The van der Waals surface area contributed by atoms with E-state index in [0.717, 1.165) is 17.0 Å². The maximum Gasteiger partial charge on any atom is 0.289 e. The number of aryl methyl sites for hydroxylation is 2. The zero-order valence-electron chi connectivity index (χ0n) is 13.1. The minimum absolute atomic E-state index is 0.0239. The molecule has 1 aliphatic heterocycles. The molecule has 1 atom stereocenters. The van der Waals surface area contributed by atoms with Crippen LogP contribution >= 0.6 is 0 Å². The third-order valence-corrected chi connectivity index (χ3v) is 3.83. The minimum atomic E-state index is -0.874. The third-order valence-electron chi connectivity index (χ3n) is 3.83. The highest BCUT2D eigenvalue weighted by atomic mass is 19.1. The molecule has 6 nitrogen and oxygen atoms in total. The Morgan fingerprint density at radius 2 is 2.00 bits per heavy atom. The van der Waals surface area contributed by atoms with Gasteiger partial charge in [-0.05, 0) is 25.5 Å². The number of oxazole rings is 1. The zero-order valence-corrected chi connectivity index (χ0v) is 13.1. The van der Waals surface area contributed by atoms with Crippen molar-refractivity contribution in [1.29, 1.82) is 0 Å². The van der Waals surface area contributed by atoms with Crippen LogP contribution < -0.4 is 10.2 Å². The predicted octanol–water partition coefficient (Wildman–Crippen LogP) is 2.10. The van der Waals surface area contributed by atoms with Crippen LogP contribution in [0, 0.1) is 25.5 Å². The molecular formula is C16H15F2N3O3. The standard InChI is InChI=1S/C16H15F2N3O3/c1-8-14(24-9(2)19-8)15(22)20-12-6-7-21(16(12)23)13-10(17)4-3-5-11(13)18/h3-5,12H,6-7H2,1-2H3,(H,20,22)/t12-/m1/s1. The van der Waals surface area contributed by atoms with E-state index in [1.807, 2.05) is 0 Å². The highest BCUT2D eigenvalue weighted by Gasteiger charge is 2.37. The van der Waals surface area contributed by atoms with Gasteiger partial charge in [0.1, 0.15) is 23.4 Å². The number of carbonyl (C=O) groups is 2. The summed E-state index contributed by atoms with van der Waals surface area (Å²) in [5.41, 5.74) is 0.0124. The highest BCUT2D eigenvalue weighted by molar-refractivity contribution is 6.03. The molecule has 0 aliphatic carbocycles. The predicted molar refractivity (Wildman–Crippen MR) is 80.6 cm³/mol. The van der Waals surface area contributed by atoms with Gasteiger partial charge in [-0.25, -0.2) is 13.8 Å². The van der Waals surface area contributed by atoms with Crippen LogP contribution in [0.5, 0.6) is 0 Å². The van der Waals surface area contributed by atoms with E-state index in [1.165, 1.54) is 6.07 Å². The summed E-state index contributed by atoms with van der Waals surface area (Å²) >= 11 is 0. The van der Waals surface area contributed by atoms with Crippen molar-refractivity contribution in [1.82, 2.24) is 10.3 Å². The zero-order chi connectivity index (χ0) is 17.4. The smallest absolute Gasteiger partial charge is 0.289 e. The van der Waals surface area contributed by atoms with Crippen molar-refractivity contribution in [2.45, 2.75) is 26.3 Å². The van der Waals surface area contributed by atoms with Crippen molar-refractivity contribution in [3.63, 3.8) is 0 Å². The topological polar surface area (TPSA) is 75.4 Å². The Hall–Kier alpha value is -2.77. The molecule has 0 saturated carbocycles. The largest absolute Gasteiger partial charge is 0.436 e. The van der Waals surface area contributed by atoms with Gasteiger partial charge in [-0.1, -0.05) is 6.07 Å². The van der Waals surface area contributed by atoms with Gasteiger partial charge < -0.3 is 14.6 Å². The lowest BCUT2D eigenvalue weighted by molar-refractivity contribution is -0.118. The first-order valence-electron chi connectivity index (χ1n) is 7.38. The van der Waals surface area contributed by atoms with Crippen molar-refractivity contribution in [3.8, 4) is 0 Å². The molecule has 0 bridgehead atoms. The van der Waals surface area contributed by atoms with Crippen LogP contribution in [0.4, 0.5) is 14.5 Å². The summed E-state index contributed by atoms with van der Waals surface area (Å²) < 4.78 is 32.9. The molecule has 3 rings (SSSR count). The highest BCUT2D eigenvalue weighted by Crippen LogP contribution is 2.27. The summed E-state index contributed by atoms with van der Waals surface area (Å²) in [5.74, 6) is -2.43. The Kier molecular flexibility index (Phi) is 4.04. The average molecular weight is 335 g/mol. The number of para-hydroxylation sites is 1. The van der Waals surface area contributed by atoms with E-state index in [2.05, 4.69) is 10.3 Å². The molecular weight excluding hydrogens is 320 g/mol. The number of benzene rings is 1. The lowest BCUT2D eigenvalue weighted by Crippen LogP contribution is -2.42. The van der Waals surface area contributed by atoms with Crippen LogP contribution in [0.2, 0.25) is 0 Å². The van der Waals surface area contributed by atoms with Gasteiger partial charge in [-0.15, -0.1) is 0 Å². The van der Waals surface area contributed by atoms with Crippen molar-refractivity contribution in [2.75, 3.05) is 11.4 Å². The van der Waals surface area contributed by atoms with Crippen LogP contribution in [-0.2, 0) is 4.79 Å². The number of carbonyl (C=O) groups excluding carboxylic acids is 2. The molecule has 0 radical (unpaired) electrons. The van der Waals surface area contributed by atoms with E-state index in [4.69, 9.17) is 4.42 Å². The maximum atomic E-state index is 13.8. The van der Waals surface area contributed by atoms with Gasteiger partial charge in [-0.2, -0.15) is 0 Å². The Morgan fingerprint density at radius 1 is 1.33 bits per heavy atom. The molecule has 1 N–H and O–H groups in total. The third kappa shape index (κ3) is 2.75. The van der Waals surface area contributed by atoms with E-state index in [9.17, 15) is 18.4 Å². The molecule has 126 valence electrons. The summed E-state index contributed by atoms with van der Waals surface area (Å²) in [6.07, 6.45) is 0.241. The summed E-state index contributed by atoms with van der Waals surface area (Å²) in [4.78, 5) is 29.6. The number of hydrogen-bond acceptors (Lipinski definition) is 4. The second-order valence-electron chi connectivity index (χ2n) is 5.52. The van der Waals surface area contributed by atoms with Gasteiger partial charge in [0.25, 0.3) is 5.91 Å². The Morgan fingerprint density at radius 3 is 2.58 bits per heavy atom. The van der Waals surface area contributed by atoms with Crippen molar-refractivity contribution in [2.24, 2.45) is 0 Å². The van der Waals surface area contributed by atoms with Crippen LogP contribution in [0.25, 0.3) is 0 Å². The van der Waals surface area contributed by atoms with Gasteiger partial charge >= 0.3 is 0 Å². The molecule has 0 spiro atoms. The molecule has 2 heterocycles. The van der Waals surface area contributed by atoms with Crippen molar-refractivity contribution >= 4 is 17.5 Å². The number of amides is 2. The van der Waals surface area contributed by atoms with E-state index in [-0.39, 0.29) is 18.7 Å². The van der Waals surface area contributed by atoms with Gasteiger partial charge in [-0.3, -0.25) is 9.59 Å². The number of nitrogens with one attached hydrogen (secondary N) is 1. The van der Waals surface area contributed by atoms with Crippen LogP contribution in [-0.4, -0.2) is 29.4 Å². The van der Waals surface area contributed by atoms with E-state index >= 15 is 0 Å². The summed E-state index contributed by atoms with van der Waals surface area (Å²) in [7, 11) is 0. The summed E-state index contributed by atoms with van der Waals surface area (Å²) in [5, 5.41) is 2.53. The summed E-state index contributed by atoms with van der Waals surface area (Å²) in [6.45, 7) is 3.33. The molecule has 1 fully saturated rings. The molecule has 1 aromatic heterocycles. The maximum absolute atomic E-state index is 13.8. The van der Waals surface area contributed by atoms with Crippen molar-refractivity contribution < 1.29 is 22.8 Å². The molecule has 1 aromatic carbocycles. The fourth-order valence-electron chi connectivity index (χ4n) is 2.75. The lowest BCUT2D eigenvalue weighted by atomic mass is 10.2.